The summed E-state index contributed by atoms with van der Waals surface area (Å²) in [4.78, 5) is 21.0. The highest BCUT2D eigenvalue weighted by Gasteiger charge is 2.46. The summed E-state index contributed by atoms with van der Waals surface area (Å²) in [6.45, 7) is 2.31. The first-order chi connectivity index (χ1) is 13.6. The Labute approximate surface area is 164 Å². The van der Waals surface area contributed by atoms with Crippen LogP contribution in [0.4, 0.5) is 10.5 Å². The van der Waals surface area contributed by atoms with E-state index in [0.717, 1.165) is 47.2 Å². The number of piperidine rings is 1. The van der Waals surface area contributed by atoms with Crippen molar-refractivity contribution in [1.29, 1.82) is 0 Å². The molecule has 3 aromatic rings. The third-order valence-corrected chi connectivity index (χ3v) is 5.78. The van der Waals surface area contributed by atoms with Gasteiger partial charge in [0.25, 0.3) is 0 Å². The lowest BCUT2D eigenvalue weighted by molar-refractivity contribution is 0.0448. The lowest BCUT2D eigenvalue weighted by Gasteiger charge is -2.40. The second kappa shape index (κ2) is 6.51. The molecule has 2 saturated heterocycles. The van der Waals surface area contributed by atoms with Gasteiger partial charge >= 0.3 is 6.09 Å². The van der Waals surface area contributed by atoms with Crippen LogP contribution in [0, 0.1) is 0 Å². The van der Waals surface area contributed by atoms with E-state index < -0.39 is 5.60 Å². The summed E-state index contributed by atoms with van der Waals surface area (Å²) >= 11 is 0. The number of carbonyl (C=O) groups excluding carboxylic acids is 1. The molecular formula is C23H23N3O2. The number of para-hydroxylation sites is 1. The smallest absolute Gasteiger partial charge is 0.410 e. The highest BCUT2D eigenvalue weighted by atomic mass is 16.6. The van der Waals surface area contributed by atoms with Gasteiger partial charge in [-0.15, -0.1) is 0 Å². The van der Waals surface area contributed by atoms with Crippen LogP contribution in [-0.4, -0.2) is 48.3 Å². The zero-order valence-electron chi connectivity index (χ0n) is 16.0. The van der Waals surface area contributed by atoms with Crippen LogP contribution in [0.5, 0.6) is 0 Å². The number of anilines is 1. The summed E-state index contributed by atoms with van der Waals surface area (Å²) in [5.74, 6) is 0. The number of ether oxygens (including phenoxy) is 1. The number of hydrogen-bond acceptors (Lipinski definition) is 4. The zero-order valence-corrected chi connectivity index (χ0v) is 16.0. The predicted octanol–water partition coefficient (Wildman–Crippen LogP) is 4.32. The molecule has 28 heavy (non-hydrogen) atoms. The van der Waals surface area contributed by atoms with Crippen molar-refractivity contribution in [3.05, 3.63) is 60.7 Å². The maximum absolute atomic E-state index is 12.0. The molecule has 2 fully saturated rings. The van der Waals surface area contributed by atoms with Gasteiger partial charge in [-0.05, 0) is 25.0 Å². The van der Waals surface area contributed by atoms with E-state index in [1.165, 1.54) is 0 Å². The van der Waals surface area contributed by atoms with Gasteiger partial charge in [-0.3, -0.25) is 0 Å². The molecule has 5 heteroatoms. The molecule has 2 aliphatic heterocycles. The first-order valence-electron chi connectivity index (χ1n) is 9.78. The fraction of sp³-hybridized carbons (Fsp3) is 0.304. The Morgan fingerprint density at radius 3 is 2.61 bits per heavy atom. The second-order valence-corrected chi connectivity index (χ2v) is 7.84. The van der Waals surface area contributed by atoms with Gasteiger partial charge in [-0.2, -0.15) is 0 Å². The van der Waals surface area contributed by atoms with Crippen molar-refractivity contribution in [2.24, 2.45) is 0 Å². The average molecular weight is 373 g/mol. The molecule has 1 unspecified atom stereocenters. The Kier molecular flexibility index (Phi) is 3.97. The summed E-state index contributed by atoms with van der Waals surface area (Å²) in [6, 6.07) is 20.7. The summed E-state index contributed by atoms with van der Waals surface area (Å²) < 4.78 is 5.81. The number of likely N-dealkylation sites (N-methyl/N-ethyl adjacent to an activating group) is 1. The minimum absolute atomic E-state index is 0.216. The number of nitrogens with zero attached hydrogens (tertiary/aromatic N) is 3. The van der Waals surface area contributed by atoms with Gasteiger partial charge < -0.3 is 14.5 Å². The Balaban J connectivity index is 1.59. The molecule has 1 spiro atoms. The largest absolute Gasteiger partial charge is 0.439 e. The van der Waals surface area contributed by atoms with Gasteiger partial charge in [0.1, 0.15) is 5.60 Å². The van der Waals surface area contributed by atoms with Crippen LogP contribution in [0.2, 0.25) is 0 Å². The van der Waals surface area contributed by atoms with E-state index in [1.807, 2.05) is 31.3 Å². The lowest BCUT2D eigenvalue weighted by atomic mass is 9.92. The first kappa shape index (κ1) is 17.0. The van der Waals surface area contributed by atoms with E-state index in [4.69, 9.17) is 9.72 Å². The topological polar surface area (TPSA) is 45.7 Å². The van der Waals surface area contributed by atoms with Crippen molar-refractivity contribution in [2.75, 3.05) is 31.6 Å². The molecule has 0 radical (unpaired) electrons. The quantitative estimate of drug-likeness (QED) is 0.671. The van der Waals surface area contributed by atoms with Crippen LogP contribution in [0.25, 0.3) is 22.2 Å². The van der Waals surface area contributed by atoms with Crippen molar-refractivity contribution in [3.8, 4) is 11.3 Å². The average Bonchev–Trinajstić information content (AvgIpc) is 3.00. The van der Waals surface area contributed by atoms with E-state index in [0.29, 0.717) is 13.1 Å². The maximum atomic E-state index is 12.0. The number of aromatic nitrogens is 1. The lowest BCUT2D eigenvalue weighted by Crippen LogP contribution is -2.50. The van der Waals surface area contributed by atoms with Gasteiger partial charge in [0.05, 0.1) is 24.3 Å². The number of fused-ring (bicyclic) bond motifs is 1. The second-order valence-electron chi connectivity index (χ2n) is 7.84. The third kappa shape index (κ3) is 2.87. The van der Waals surface area contributed by atoms with Crippen LogP contribution < -0.4 is 4.90 Å². The maximum Gasteiger partial charge on any atom is 0.410 e. The summed E-state index contributed by atoms with van der Waals surface area (Å²) in [6.07, 6.45) is 1.69. The Morgan fingerprint density at radius 2 is 1.82 bits per heavy atom. The number of hydrogen-bond donors (Lipinski definition) is 0. The Hall–Kier alpha value is -3.08. The first-order valence-corrected chi connectivity index (χ1v) is 9.78. The molecule has 5 nitrogen and oxygen atoms in total. The van der Waals surface area contributed by atoms with Gasteiger partial charge in [0.2, 0.25) is 0 Å². The van der Waals surface area contributed by atoms with Gasteiger partial charge in [-0.1, -0.05) is 48.5 Å². The van der Waals surface area contributed by atoms with Crippen LogP contribution in [0.1, 0.15) is 12.8 Å². The Bertz CT molecular complexity index is 1040. The number of pyridine rings is 1. The fourth-order valence-corrected chi connectivity index (χ4v) is 4.48. The monoisotopic (exact) mass is 373 g/mol. The molecule has 3 heterocycles. The van der Waals surface area contributed by atoms with Crippen molar-refractivity contribution in [3.63, 3.8) is 0 Å². The molecule has 0 saturated carbocycles. The molecule has 0 aliphatic carbocycles. The standard InChI is InChI=1S/C23H23N3O2/c1-25-15-23(28-22(25)27)12-7-13-26(16-23)21-14-20(17-8-3-2-4-9-17)24-19-11-6-5-10-18(19)21/h2-6,8-11,14H,7,12-13,15-16H2,1H3. The van der Waals surface area contributed by atoms with Crippen molar-refractivity contribution in [2.45, 2.75) is 18.4 Å². The summed E-state index contributed by atoms with van der Waals surface area (Å²) in [5.41, 5.74) is 3.80. The van der Waals surface area contributed by atoms with Gasteiger partial charge in [0, 0.05) is 30.2 Å². The van der Waals surface area contributed by atoms with Gasteiger partial charge in [0.15, 0.2) is 0 Å². The molecule has 1 aromatic heterocycles. The number of carbonyl (C=O) groups is 1. The molecule has 0 N–H and O–H groups in total. The number of benzene rings is 2. The minimum atomic E-state index is -0.415. The predicted molar refractivity (Wildman–Crippen MR) is 110 cm³/mol. The number of amides is 1. The summed E-state index contributed by atoms with van der Waals surface area (Å²) in [5, 5.41) is 1.14. The van der Waals surface area contributed by atoms with E-state index in [-0.39, 0.29) is 6.09 Å². The van der Waals surface area contributed by atoms with E-state index in [9.17, 15) is 4.79 Å². The molecule has 1 atom stereocenters. The summed E-state index contributed by atoms with van der Waals surface area (Å²) in [7, 11) is 1.81. The minimum Gasteiger partial charge on any atom is -0.439 e. The van der Waals surface area contributed by atoms with Crippen molar-refractivity contribution in [1.82, 2.24) is 9.88 Å². The van der Waals surface area contributed by atoms with Crippen LogP contribution >= 0.6 is 0 Å². The fourth-order valence-electron chi connectivity index (χ4n) is 4.48. The zero-order chi connectivity index (χ0) is 19.1. The third-order valence-electron chi connectivity index (χ3n) is 5.78. The van der Waals surface area contributed by atoms with Gasteiger partial charge in [-0.25, -0.2) is 9.78 Å². The molecule has 2 aromatic carbocycles. The van der Waals surface area contributed by atoms with E-state index in [1.54, 1.807) is 4.90 Å². The molecule has 2 aliphatic rings. The van der Waals surface area contributed by atoms with E-state index in [2.05, 4.69) is 41.3 Å². The SMILES string of the molecule is CN1CC2(CCCN(c3cc(-c4ccccc4)nc4ccccc34)C2)OC1=O. The van der Waals surface area contributed by atoms with Crippen molar-refractivity contribution < 1.29 is 9.53 Å². The van der Waals surface area contributed by atoms with Crippen LogP contribution in [0.15, 0.2) is 60.7 Å². The van der Waals surface area contributed by atoms with Crippen molar-refractivity contribution >= 4 is 22.7 Å². The highest BCUT2D eigenvalue weighted by molar-refractivity contribution is 5.94. The number of rotatable bonds is 2. The highest BCUT2D eigenvalue weighted by Crippen LogP contribution is 2.37. The van der Waals surface area contributed by atoms with Crippen LogP contribution in [-0.2, 0) is 4.74 Å². The molecular weight excluding hydrogens is 350 g/mol. The normalized spacial score (nSPS) is 22.1. The molecule has 142 valence electrons. The van der Waals surface area contributed by atoms with Crippen LogP contribution in [0.3, 0.4) is 0 Å². The molecule has 0 bridgehead atoms. The van der Waals surface area contributed by atoms with E-state index >= 15 is 0 Å². The molecule has 1 amide bonds. The molecule has 5 rings (SSSR count). The Morgan fingerprint density at radius 1 is 1.04 bits per heavy atom.